The molecule has 0 aliphatic heterocycles. The summed E-state index contributed by atoms with van der Waals surface area (Å²) in [5.74, 6) is 0.842. The molecule has 0 aliphatic carbocycles. The van der Waals surface area contributed by atoms with E-state index in [-0.39, 0.29) is 11.8 Å². The lowest BCUT2D eigenvalue weighted by Crippen LogP contribution is -2.26. The van der Waals surface area contributed by atoms with Crippen LogP contribution in [0.2, 0.25) is 0 Å². The highest BCUT2D eigenvalue weighted by atomic mass is 16.5. The molecule has 7 nitrogen and oxygen atoms in total. The van der Waals surface area contributed by atoms with Crippen molar-refractivity contribution in [2.24, 2.45) is 0 Å². The van der Waals surface area contributed by atoms with E-state index in [2.05, 4.69) is 40.0 Å². The van der Waals surface area contributed by atoms with Gasteiger partial charge < -0.3 is 9.09 Å². The summed E-state index contributed by atoms with van der Waals surface area (Å²) in [4.78, 5) is 26.6. The van der Waals surface area contributed by atoms with E-state index < -0.39 is 5.41 Å². The highest BCUT2D eigenvalue weighted by molar-refractivity contribution is 5.92. The second-order valence-electron chi connectivity index (χ2n) is 9.77. The Morgan fingerprint density at radius 2 is 1.81 bits per heavy atom. The van der Waals surface area contributed by atoms with Crippen LogP contribution in [-0.4, -0.2) is 30.5 Å². The molecule has 4 aromatic heterocycles. The Bertz CT molecular complexity index is 1540. The van der Waals surface area contributed by atoms with Crippen LogP contribution in [0.3, 0.4) is 0 Å². The first-order valence-electron chi connectivity index (χ1n) is 12.0. The zero-order valence-electron chi connectivity index (χ0n) is 21.4. The maximum absolute atomic E-state index is 12.1. The summed E-state index contributed by atoms with van der Waals surface area (Å²) in [5, 5.41) is 4.09. The van der Waals surface area contributed by atoms with Crippen LogP contribution in [0.1, 0.15) is 56.4 Å². The summed E-state index contributed by atoms with van der Waals surface area (Å²) in [7, 11) is 0. The number of aryl methyl sites for hydroxylation is 2. The average Bonchev–Trinajstić information content (AvgIpc) is 3.43. The molecule has 0 spiro atoms. The van der Waals surface area contributed by atoms with Gasteiger partial charge in [-0.25, -0.2) is 9.97 Å². The van der Waals surface area contributed by atoms with Crippen LogP contribution in [0.5, 0.6) is 0 Å². The van der Waals surface area contributed by atoms with Gasteiger partial charge in [0.25, 0.3) is 0 Å². The second kappa shape index (κ2) is 8.82. The van der Waals surface area contributed by atoms with Crippen LogP contribution in [-0.2, 0) is 10.2 Å². The van der Waals surface area contributed by atoms with Crippen molar-refractivity contribution in [3.8, 4) is 22.4 Å². The van der Waals surface area contributed by atoms with Gasteiger partial charge in [-0.1, -0.05) is 35.5 Å². The lowest BCUT2D eigenvalue weighted by Gasteiger charge is -2.21. The molecule has 5 rings (SSSR count). The number of fused-ring (bicyclic) bond motifs is 1. The molecule has 1 atom stereocenters. The van der Waals surface area contributed by atoms with Gasteiger partial charge in [0, 0.05) is 23.4 Å². The molecule has 182 valence electrons. The number of aromatic nitrogens is 5. The topological polar surface area (TPSA) is 86.7 Å². The molecule has 0 N–H and O–H groups in total. The Hall–Kier alpha value is -4.13. The number of carbonyl (C=O) groups excluding carboxylic acids is 1. The van der Waals surface area contributed by atoms with Crippen molar-refractivity contribution >= 4 is 16.9 Å². The van der Waals surface area contributed by atoms with Crippen molar-refractivity contribution in [2.75, 3.05) is 0 Å². The van der Waals surface area contributed by atoms with Gasteiger partial charge in [0.1, 0.15) is 17.1 Å². The zero-order chi connectivity index (χ0) is 25.6. The maximum atomic E-state index is 12.1. The number of benzene rings is 1. The summed E-state index contributed by atoms with van der Waals surface area (Å²) in [5.41, 5.74) is 7.27. The summed E-state index contributed by atoms with van der Waals surface area (Å²) < 4.78 is 7.50. The largest absolute Gasteiger partial charge is 0.361 e. The van der Waals surface area contributed by atoms with E-state index in [4.69, 9.17) is 14.5 Å². The summed E-state index contributed by atoms with van der Waals surface area (Å²) in [6.07, 6.45) is 5.67. The minimum absolute atomic E-state index is 0.0624. The molecule has 36 heavy (non-hydrogen) atoms. The quantitative estimate of drug-likeness (QED) is 0.286. The molecule has 5 aromatic rings. The summed E-state index contributed by atoms with van der Waals surface area (Å²) in [6, 6.07) is 14.0. The Balaban J connectivity index is 1.69. The molecule has 0 saturated heterocycles. The Kier molecular flexibility index (Phi) is 5.79. The third kappa shape index (κ3) is 3.90. The van der Waals surface area contributed by atoms with Crippen LogP contribution in [0.15, 0.2) is 65.6 Å². The van der Waals surface area contributed by atoms with Gasteiger partial charge >= 0.3 is 0 Å². The van der Waals surface area contributed by atoms with E-state index in [0.717, 1.165) is 50.5 Å². The average molecular weight is 480 g/mol. The first-order valence-corrected chi connectivity index (χ1v) is 12.0. The van der Waals surface area contributed by atoms with Crippen LogP contribution in [0, 0.1) is 13.8 Å². The van der Waals surface area contributed by atoms with Gasteiger partial charge in [-0.05, 0) is 64.8 Å². The second-order valence-corrected chi connectivity index (χ2v) is 9.77. The molecule has 7 heteroatoms. The highest BCUT2D eigenvalue weighted by Gasteiger charge is 2.26. The molecule has 0 aliphatic rings. The van der Waals surface area contributed by atoms with Gasteiger partial charge in [-0.2, -0.15) is 0 Å². The SMILES string of the molecule is CC(=O)C(C)(C)c1ccc(-c2cn([C@@H](C)c3ccccn3)c3nc(-c4c(C)noc4C)cnc23)cc1. The van der Waals surface area contributed by atoms with Crippen molar-refractivity contribution in [3.63, 3.8) is 0 Å². The molecular formula is C29H29N5O2. The van der Waals surface area contributed by atoms with E-state index in [1.165, 1.54) is 0 Å². The lowest BCUT2D eigenvalue weighted by molar-refractivity contribution is -0.121. The summed E-state index contributed by atoms with van der Waals surface area (Å²) in [6.45, 7) is 11.4. The Morgan fingerprint density at radius 1 is 1.06 bits per heavy atom. The number of ketones is 1. The smallest absolute Gasteiger partial charge is 0.160 e. The molecule has 4 heterocycles. The maximum Gasteiger partial charge on any atom is 0.160 e. The molecule has 1 aromatic carbocycles. The number of rotatable bonds is 6. The van der Waals surface area contributed by atoms with Crippen molar-refractivity contribution in [1.29, 1.82) is 0 Å². The normalized spacial score (nSPS) is 12.7. The third-order valence-corrected chi connectivity index (χ3v) is 7.14. The van der Waals surface area contributed by atoms with Crippen LogP contribution < -0.4 is 0 Å². The van der Waals surface area contributed by atoms with Crippen molar-refractivity contribution in [3.05, 3.63) is 83.8 Å². The zero-order valence-corrected chi connectivity index (χ0v) is 21.4. The van der Waals surface area contributed by atoms with E-state index in [1.54, 1.807) is 19.3 Å². The van der Waals surface area contributed by atoms with E-state index in [0.29, 0.717) is 5.76 Å². The van der Waals surface area contributed by atoms with Gasteiger partial charge in [0.2, 0.25) is 0 Å². The highest BCUT2D eigenvalue weighted by Crippen LogP contribution is 2.35. The van der Waals surface area contributed by atoms with E-state index >= 15 is 0 Å². The molecular weight excluding hydrogens is 450 g/mol. The van der Waals surface area contributed by atoms with Crippen LogP contribution in [0.4, 0.5) is 0 Å². The van der Waals surface area contributed by atoms with Gasteiger partial charge in [-0.15, -0.1) is 0 Å². The van der Waals surface area contributed by atoms with Crippen molar-refractivity contribution in [1.82, 2.24) is 24.7 Å². The van der Waals surface area contributed by atoms with Crippen molar-refractivity contribution < 1.29 is 9.32 Å². The lowest BCUT2D eigenvalue weighted by atomic mass is 9.81. The van der Waals surface area contributed by atoms with E-state index in [1.807, 2.05) is 58.0 Å². The van der Waals surface area contributed by atoms with Gasteiger partial charge in [0.05, 0.1) is 34.9 Å². The molecule has 0 radical (unpaired) electrons. The number of nitrogens with zero attached hydrogens (tertiary/aromatic N) is 5. The fraction of sp³-hybridized carbons (Fsp3) is 0.276. The predicted octanol–water partition coefficient (Wildman–Crippen LogP) is 6.24. The fourth-order valence-electron chi connectivity index (χ4n) is 4.52. The monoisotopic (exact) mass is 479 g/mol. The fourth-order valence-corrected chi connectivity index (χ4v) is 4.52. The number of pyridine rings is 1. The third-order valence-electron chi connectivity index (χ3n) is 7.14. The molecule has 0 fully saturated rings. The Morgan fingerprint density at radius 3 is 2.42 bits per heavy atom. The minimum Gasteiger partial charge on any atom is -0.361 e. The molecule has 0 bridgehead atoms. The minimum atomic E-state index is -0.539. The van der Waals surface area contributed by atoms with Gasteiger partial charge in [0.15, 0.2) is 5.65 Å². The van der Waals surface area contributed by atoms with Crippen LogP contribution in [0.25, 0.3) is 33.5 Å². The van der Waals surface area contributed by atoms with E-state index in [9.17, 15) is 4.79 Å². The molecule has 0 amide bonds. The number of hydrogen-bond donors (Lipinski definition) is 0. The number of Topliss-reactive ketones (excluding diaryl/α,β-unsaturated/α-hetero) is 1. The number of hydrogen-bond acceptors (Lipinski definition) is 6. The van der Waals surface area contributed by atoms with Gasteiger partial charge in [-0.3, -0.25) is 9.78 Å². The number of carbonyl (C=O) groups is 1. The first-order chi connectivity index (χ1) is 17.2. The van der Waals surface area contributed by atoms with Crippen LogP contribution >= 0.6 is 0 Å². The first kappa shape index (κ1) is 23.6. The molecule has 0 saturated carbocycles. The summed E-state index contributed by atoms with van der Waals surface area (Å²) >= 11 is 0. The Labute approximate surface area is 210 Å². The van der Waals surface area contributed by atoms with Crippen molar-refractivity contribution in [2.45, 2.75) is 53.0 Å². The standard InChI is InChI=1S/C29H29N5O2/c1-17-26(19(3)36-33-17)25-15-31-27-23(21-10-12-22(13-11-21)29(5,6)20(4)35)16-34(28(27)32-25)18(2)24-9-7-8-14-30-24/h7-16,18H,1-6H3/t18-/m0/s1. The molecule has 0 unspecified atom stereocenters. The predicted molar refractivity (Wildman–Crippen MR) is 140 cm³/mol.